The lowest BCUT2D eigenvalue weighted by Crippen LogP contribution is -1.90. The molecule has 1 aliphatic heterocycles. The van der Waals surface area contributed by atoms with E-state index < -0.39 is 0 Å². The van der Waals surface area contributed by atoms with E-state index >= 15 is 0 Å². The predicted octanol–water partition coefficient (Wildman–Crippen LogP) is 1.70. The number of hydrogen-bond donors (Lipinski definition) is 1. The second kappa shape index (κ2) is 3.02. The number of rotatable bonds is 3. The summed E-state index contributed by atoms with van der Waals surface area (Å²) < 4.78 is 0. The fraction of sp³-hybridized carbons (Fsp3) is 0.750. The van der Waals surface area contributed by atoms with Crippen LogP contribution >= 0.6 is 0 Å². The van der Waals surface area contributed by atoms with Gasteiger partial charge in [0.25, 0.3) is 0 Å². The molecule has 0 aromatic rings. The van der Waals surface area contributed by atoms with E-state index in [0.717, 1.165) is 6.04 Å². The zero-order valence-corrected chi connectivity index (χ0v) is 6.28. The zero-order chi connectivity index (χ0) is 6.69. The first-order valence-corrected chi connectivity index (χ1v) is 3.72. The molecule has 1 saturated heterocycles. The van der Waals surface area contributed by atoms with E-state index in [1.54, 1.807) is 0 Å². The van der Waals surface area contributed by atoms with Crippen LogP contribution in [0.3, 0.4) is 0 Å². The average molecular weight is 125 g/mol. The summed E-state index contributed by atoms with van der Waals surface area (Å²) in [4.78, 5) is 0. The third kappa shape index (κ3) is 2.66. The monoisotopic (exact) mass is 125 g/mol. The van der Waals surface area contributed by atoms with E-state index in [1.165, 1.54) is 25.0 Å². The van der Waals surface area contributed by atoms with Gasteiger partial charge in [-0.1, -0.05) is 18.6 Å². The molecule has 0 radical (unpaired) electrons. The molecule has 1 heterocycles. The maximum Gasteiger partial charge on any atom is 0.0230 e. The Kier molecular flexibility index (Phi) is 2.29. The molecular weight excluding hydrogens is 110 g/mol. The van der Waals surface area contributed by atoms with Crippen LogP contribution in [0.25, 0.3) is 0 Å². The van der Waals surface area contributed by atoms with Gasteiger partial charge in [-0.3, -0.25) is 0 Å². The van der Waals surface area contributed by atoms with Crippen LogP contribution in [0, 0.1) is 0 Å². The molecule has 1 atom stereocenters. The Hall–Kier alpha value is -0.300. The third-order valence-corrected chi connectivity index (χ3v) is 1.61. The van der Waals surface area contributed by atoms with Gasteiger partial charge in [-0.25, -0.2) is 0 Å². The molecule has 0 aromatic heterocycles. The second-order valence-electron chi connectivity index (χ2n) is 2.77. The van der Waals surface area contributed by atoms with E-state index in [0.29, 0.717) is 0 Å². The Morgan fingerprint density at radius 1 is 1.78 bits per heavy atom. The van der Waals surface area contributed by atoms with Gasteiger partial charge in [-0.05, 0) is 19.8 Å². The van der Waals surface area contributed by atoms with Crippen LogP contribution in [-0.2, 0) is 0 Å². The van der Waals surface area contributed by atoms with Crippen LogP contribution in [0.15, 0.2) is 11.6 Å². The topological polar surface area (TPSA) is 21.9 Å². The van der Waals surface area contributed by atoms with Gasteiger partial charge in [0, 0.05) is 12.6 Å². The molecule has 9 heavy (non-hydrogen) atoms. The summed E-state index contributed by atoms with van der Waals surface area (Å²) in [6.07, 6.45) is 4.74. The molecule has 0 bridgehead atoms. The summed E-state index contributed by atoms with van der Waals surface area (Å²) >= 11 is 0. The Morgan fingerprint density at radius 3 is 2.89 bits per heavy atom. The van der Waals surface area contributed by atoms with Gasteiger partial charge in [0.2, 0.25) is 0 Å². The maximum atomic E-state index is 3.28. The van der Waals surface area contributed by atoms with Crippen LogP contribution in [0.2, 0.25) is 0 Å². The fourth-order valence-corrected chi connectivity index (χ4v) is 1.05. The minimum absolute atomic E-state index is 0.813. The van der Waals surface area contributed by atoms with E-state index in [4.69, 9.17) is 0 Å². The van der Waals surface area contributed by atoms with Crippen LogP contribution in [0.5, 0.6) is 0 Å². The van der Waals surface area contributed by atoms with Crippen LogP contribution in [-0.4, -0.2) is 12.6 Å². The number of hydrogen-bond acceptors (Lipinski definition) is 1. The van der Waals surface area contributed by atoms with Crippen molar-refractivity contribution in [2.75, 3.05) is 6.54 Å². The van der Waals surface area contributed by atoms with E-state index in [2.05, 4.69) is 25.2 Å². The Balaban J connectivity index is 2.15. The summed E-state index contributed by atoms with van der Waals surface area (Å²) in [6.45, 7) is 5.63. The van der Waals surface area contributed by atoms with Crippen molar-refractivity contribution < 1.29 is 0 Å². The quantitative estimate of drug-likeness (QED) is 0.450. The molecule has 1 N–H and O–H groups in total. The molecule has 0 amide bonds. The van der Waals surface area contributed by atoms with Gasteiger partial charge in [-0.15, -0.1) is 0 Å². The molecule has 0 aromatic carbocycles. The average Bonchev–Trinajstić information content (AvgIpc) is 2.50. The van der Waals surface area contributed by atoms with Crippen molar-refractivity contribution in [3.8, 4) is 0 Å². The van der Waals surface area contributed by atoms with Crippen molar-refractivity contribution in [3.05, 3.63) is 11.6 Å². The van der Waals surface area contributed by atoms with Crippen molar-refractivity contribution >= 4 is 0 Å². The SMILES string of the molecule is CCC=C(C)CC1CN1. The van der Waals surface area contributed by atoms with Crippen LogP contribution in [0.1, 0.15) is 26.7 Å². The Bertz CT molecular complexity index is 112. The minimum Gasteiger partial charge on any atom is -0.311 e. The molecule has 0 spiro atoms. The minimum atomic E-state index is 0.813. The van der Waals surface area contributed by atoms with Gasteiger partial charge in [0.1, 0.15) is 0 Å². The number of allylic oxidation sites excluding steroid dienone is 1. The van der Waals surface area contributed by atoms with E-state index in [1.807, 2.05) is 0 Å². The second-order valence-corrected chi connectivity index (χ2v) is 2.77. The van der Waals surface area contributed by atoms with Crippen molar-refractivity contribution in [1.29, 1.82) is 0 Å². The predicted molar refractivity (Wildman–Crippen MR) is 40.5 cm³/mol. The highest BCUT2D eigenvalue weighted by Gasteiger charge is 2.19. The molecule has 1 rings (SSSR count). The van der Waals surface area contributed by atoms with Gasteiger partial charge < -0.3 is 5.32 Å². The van der Waals surface area contributed by atoms with Gasteiger partial charge in [-0.2, -0.15) is 0 Å². The summed E-state index contributed by atoms with van der Waals surface area (Å²) in [5.74, 6) is 0. The van der Waals surface area contributed by atoms with Crippen molar-refractivity contribution in [3.63, 3.8) is 0 Å². The van der Waals surface area contributed by atoms with Crippen LogP contribution < -0.4 is 5.32 Å². The summed E-state index contributed by atoms with van der Waals surface area (Å²) in [5, 5.41) is 3.28. The van der Waals surface area contributed by atoms with E-state index in [9.17, 15) is 0 Å². The molecule has 1 nitrogen and oxygen atoms in total. The lowest BCUT2D eigenvalue weighted by Gasteiger charge is -1.94. The third-order valence-electron chi connectivity index (χ3n) is 1.61. The normalized spacial score (nSPS) is 26.4. The molecule has 1 aliphatic rings. The molecule has 52 valence electrons. The molecule has 0 aliphatic carbocycles. The first-order valence-electron chi connectivity index (χ1n) is 3.72. The Labute approximate surface area is 57.1 Å². The van der Waals surface area contributed by atoms with Gasteiger partial charge in [0.15, 0.2) is 0 Å². The molecule has 1 fully saturated rings. The lowest BCUT2D eigenvalue weighted by atomic mass is 10.1. The highest BCUT2D eigenvalue weighted by atomic mass is 15.1. The highest BCUT2D eigenvalue weighted by molar-refractivity contribution is 5.04. The molecular formula is C8H15N. The first-order chi connectivity index (χ1) is 4.33. The van der Waals surface area contributed by atoms with Crippen molar-refractivity contribution in [1.82, 2.24) is 5.32 Å². The fourth-order valence-electron chi connectivity index (χ4n) is 1.05. The standard InChI is InChI=1S/C8H15N/c1-3-4-7(2)5-8-6-9-8/h4,8-9H,3,5-6H2,1-2H3. The molecule has 1 heteroatoms. The first kappa shape index (κ1) is 6.81. The number of nitrogens with one attached hydrogen (secondary N) is 1. The maximum absolute atomic E-state index is 3.28. The van der Waals surface area contributed by atoms with Gasteiger partial charge >= 0.3 is 0 Å². The van der Waals surface area contributed by atoms with Crippen LogP contribution in [0.4, 0.5) is 0 Å². The molecule has 1 unspecified atom stereocenters. The summed E-state index contributed by atoms with van der Waals surface area (Å²) in [5.41, 5.74) is 1.53. The largest absolute Gasteiger partial charge is 0.311 e. The summed E-state index contributed by atoms with van der Waals surface area (Å²) in [6, 6.07) is 0.813. The zero-order valence-electron chi connectivity index (χ0n) is 6.28. The van der Waals surface area contributed by atoms with Crippen molar-refractivity contribution in [2.24, 2.45) is 0 Å². The Morgan fingerprint density at radius 2 is 2.44 bits per heavy atom. The lowest BCUT2D eigenvalue weighted by molar-refractivity contribution is 0.904. The van der Waals surface area contributed by atoms with Gasteiger partial charge in [0.05, 0.1) is 0 Å². The van der Waals surface area contributed by atoms with Crippen molar-refractivity contribution in [2.45, 2.75) is 32.7 Å². The highest BCUT2D eigenvalue weighted by Crippen LogP contribution is 2.11. The summed E-state index contributed by atoms with van der Waals surface area (Å²) in [7, 11) is 0. The smallest absolute Gasteiger partial charge is 0.0230 e. The van der Waals surface area contributed by atoms with E-state index in [-0.39, 0.29) is 0 Å². The molecule has 0 saturated carbocycles.